The van der Waals surface area contributed by atoms with E-state index in [1.165, 1.54) is 16.6 Å². The van der Waals surface area contributed by atoms with Gasteiger partial charge in [0.1, 0.15) is 11.0 Å². The van der Waals surface area contributed by atoms with Gasteiger partial charge >= 0.3 is 0 Å². The van der Waals surface area contributed by atoms with Crippen LogP contribution in [0.15, 0.2) is 41.6 Å². The summed E-state index contributed by atoms with van der Waals surface area (Å²) >= 11 is 0. The third kappa shape index (κ3) is 3.34. The summed E-state index contributed by atoms with van der Waals surface area (Å²) in [6, 6.07) is 6.62. The highest BCUT2D eigenvalue weighted by molar-refractivity contribution is 7.89. The summed E-state index contributed by atoms with van der Waals surface area (Å²) in [7, 11) is -3.59. The molecule has 2 N–H and O–H groups in total. The van der Waals surface area contributed by atoms with E-state index in [2.05, 4.69) is 9.97 Å². The van der Waals surface area contributed by atoms with Gasteiger partial charge in [0.25, 0.3) is 0 Å². The molecule has 3 heterocycles. The number of rotatable bonds is 3. The molecule has 0 unspecified atom stereocenters. The summed E-state index contributed by atoms with van der Waals surface area (Å²) in [5.41, 5.74) is 7.85. The molecule has 23 heavy (non-hydrogen) atoms. The third-order valence-electron chi connectivity index (χ3n) is 3.63. The smallest absolute Gasteiger partial charge is 0.244 e. The first-order valence-corrected chi connectivity index (χ1v) is 8.66. The Kier molecular flexibility index (Phi) is 4.29. The molecule has 0 aliphatic carbocycles. The van der Waals surface area contributed by atoms with Crippen molar-refractivity contribution in [1.82, 2.24) is 14.3 Å². The topological polar surface area (TPSA) is 98.4 Å². The number of ether oxygens (including phenoxy) is 1. The molecular formula is C15H18N4O3S. The number of hydrogen-bond donors (Lipinski definition) is 1. The first-order chi connectivity index (χ1) is 11.0. The van der Waals surface area contributed by atoms with E-state index in [4.69, 9.17) is 10.5 Å². The largest absolute Gasteiger partial charge is 0.399 e. The second-order valence-electron chi connectivity index (χ2n) is 5.38. The average molecular weight is 334 g/mol. The SMILES string of the molecule is Cc1cc(N)cc([C@H]2CN(S(=O)(=O)c3cccnc3)CCO2)n1. The molecule has 1 atom stereocenters. The normalized spacial score (nSPS) is 19.6. The number of pyridine rings is 2. The number of aromatic nitrogens is 2. The minimum atomic E-state index is -3.59. The van der Waals surface area contributed by atoms with E-state index in [0.29, 0.717) is 24.5 Å². The maximum absolute atomic E-state index is 12.7. The lowest BCUT2D eigenvalue weighted by Crippen LogP contribution is -2.42. The van der Waals surface area contributed by atoms with Crippen molar-refractivity contribution in [1.29, 1.82) is 0 Å². The summed E-state index contributed by atoms with van der Waals surface area (Å²) in [6.07, 6.45) is 2.46. The van der Waals surface area contributed by atoms with Gasteiger partial charge in [-0.25, -0.2) is 8.42 Å². The summed E-state index contributed by atoms with van der Waals surface area (Å²) in [5.74, 6) is 0. The van der Waals surface area contributed by atoms with Gasteiger partial charge in [0.2, 0.25) is 10.0 Å². The number of nitrogens with zero attached hydrogens (tertiary/aromatic N) is 3. The minimum absolute atomic E-state index is 0.178. The van der Waals surface area contributed by atoms with Crippen LogP contribution in [0.2, 0.25) is 0 Å². The molecule has 0 radical (unpaired) electrons. The molecule has 0 saturated carbocycles. The standard InChI is InChI=1S/C15H18N4O3S/c1-11-7-12(16)8-14(18-11)15-10-19(5-6-22-15)23(20,21)13-3-2-4-17-9-13/h2-4,7-9,15H,5-6,10H2,1H3,(H2,16,18)/t15-/m1/s1. The molecule has 2 aromatic heterocycles. The van der Waals surface area contributed by atoms with Crippen molar-refractivity contribution in [3.63, 3.8) is 0 Å². The van der Waals surface area contributed by atoms with Crippen molar-refractivity contribution in [3.05, 3.63) is 48.0 Å². The first-order valence-electron chi connectivity index (χ1n) is 7.22. The molecular weight excluding hydrogens is 316 g/mol. The van der Waals surface area contributed by atoms with E-state index in [0.717, 1.165) is 5.69 Å². The van der Waals surface area contributed by atoms with Crippen molar-refractivity contribution in [3.8, 4) is 0 Å². The number of nitrogen functional groups attached to an aromatic ring is 1. The van der Waals surface area contributed by atoms with Crippen LogP contribution < -0.4 is 5.73 Å². The second-order valence-corrected chi connectivity index (χ2v) is 7.32. The van der Waals surface area contributed by atoms with Crippen LogP contribution in [0.3, 0.4) is 0 Å². The number of anilines is 1. The van der Waals surface area contributed by atoms with Gasteiger partial charge < -0.3 is 10.5 Å². The van der Waals surface area contributed by atoms with Crippen molar-refractivity contribution in [2.45, 2.75) is 17.9 Å². The van der Waals surface area contributed by atoms with E-state index in [1.54, 1.807) is 24.4 Å². The third-order valence-corrected chi connectivity index (χ3v) is 5.48. The lowest BCUT2D eigenvalue weighted by molar-refractivity contribution is -0.00497. The van der Waals surface area contributed by atoms with E-state index in [9.17, 15) is 8.42 Å². The van der Waals surface area contributed by atoms with Gasteiger partial charge in [-0.05, 0) is 31.2 Å². The maximum atomic E-state index is 12.7. The predicted molar refractivity (Wildman–Crippen MR) is 85.1 cm³/mol. The molecule has 0 bridgehead atoms. The lowest BCUT2D eigenvalue weighted by Gasteiger charge is -2.32. The maximum Gasteiger partial charge on any atom is 0.244 e. The zero-order chi connectivity index (χ0) is 16.4. The zero-order valence-corrected chi connectivity index (χ0v) is 13.5. The van der Waals surface area contributed by atoms with Gasteiger partial charge in [-0.1, -0.05) is 0 Å². The summed E-state index contributed by atoms with van der Waals surface area (Å²) < 4.78 is 32.5. The monoisotopic (exact) mass is 334 g/mol. The fourth-order valence-electron chi connectivity index (χ4n) is 2.56. The molecule has 0 amide bonds. The van der Waals surface area contributed by atoms with E-state index in [-0.39, 0.29) is 11.4 Å². The van der Waals surface area contributed by atoms with Crippen molar-refractivity contribution < 1.29 is 13.2 Å². The van der Waals surface area contributed by atoms with Crippen molar-refractivity contribution in [2.24, 2.45) is 0 Å². The van der Waals surface area contributed by atoms with Crippen LogP contribution in [-0.2, 0) is 14.8 Å². The Morgan fingerprint density at radius 3 is 2.91 bits per heavy atom. The predicted octanol–water partition coefficient (Wildman–Crippen LogP) is 1.13. The molecule has 122 valence electrons. The molecule has 1 saturated heterocycles. The first kappa shape index (κ1) is 15.9. The molecule has 2 aromatic rings. The molecule has 7 nitrogen and oxygen atoms in total. The highest BCUT2D eigenvalue weighted by Gasteiger charge is 2.32. The lowest BCUT2D eigenvalue weighted by atomic mass is 10.2. The van der Waals surface area contributed by atoms with Crippen LogP contribution in [0.25, 0.3) is 0 Å². The number of aryl methyl sites for hydroxylation is 1. The quantitative estimate of drug-likeness (QED) is 0.903. The van der Waals surface area contributed by atoms with E-state index >= 15 is 0 Å². The molecule has 8 heteroatoms. The molecule has 1 aliphatic rings. The Morgan fingerprint density at radius 2 is 2.22 bits per heavy atom. The average Bonchev–Trinajstić information content (AvgIpc) is 2.55. The number of nitrogens with two attached hydrogens (primary N) is 1. The van der Waals surface area contributed by atoms with Gasteiger partial charge in [-0.3, -0.25) is 9.97 Å². The van der Waals surface area contributed by atoms with Gasteiger partial charge in [0, 0.05) is 36.9 Å². The van der Waals surface area contributed by atoms with Crippen LogP contribution in [0, 0.1) is 6.92 Å². The fraction of sp³-hybridized carbons (Fsp3) is 0.333. The van der Waals surface area contributed by atoms with Gasteiger partial charge in [0.05, 0.1) is 12.3 Å². The highest BCUT2D eigenvalue weighted by atomic mass is 32.2. The van der Waals surface area contributed by atoms with Crippen molar-refractivity contribution >= 4 is 15.7 Å². The van der Waals surface area contributed by atoms with E-state index < -0.39 is 16.1 Å². The Hall–Kier alpha value is -2.03. The fourth-order valence-corrected chi connectivity index (χ4v) is 3.95. The number of sulfonamides is 1. The Labute approximate surface area is 135 Å². The number of hydrogen-bond acceptors (Lipinski definition) is 6. The van der Waals surface area contributed by atoms with E-state index in [1.807, 2.05) is 6.92 Å². The van der Waals surface area contributed by atoms with Crippen LogP contribution in [0.1, 0.15) is 17.5 Å². The molecule has 3 rings (SSSR count). The van der Waals surface area contributed by atoms with Crippen LogP contribution in [0.4, 0.5) is 5.69 Å². The minimum Gasteiger partial charge on any atom is -0.399 e. The van der Waals surface area contributed by atoms with Gasteiger partial charge in [-0.15, -0.1) is 0 Å². The molecule has 1 aliphatic heterocycles. The number of morpholine rings is 1. The summed E-state index contributed by atoms with van der Waals surface area (Å²) in [6.45, 7) is 2.65. The second kappa shape index (κ2) is 6.23. The molecule has 0 spiro atoms. The molecule has 1 fully saturated rings. The van der Waals surface area contributed by atoms with Crippen LogP contribution in [-0.4, -0.2) is 42.4 Å². The summed E-state index contributed by atoms with van der Waals surface area (Å²) in [5, 5.41) is 0. The molecule has 0 aromatic carbocycles. The summed E-state index contributed by atoms with van der Waals surface area (Å²) in [4.78, 5) is 8.47. The van der Waals surface area contributed by atoms with Crippen LogP contribution in [0.5, 0.6) is 0 Å². The Balaban J connectivity index is 1.86. The van der Waals surface area contributed by atoms with Gasteiger partial charge in [0.15, 0.2) is 0 Å². The van der Waals surface area contributed by atoms with Crippen LogP contribution >= 0.6 is 0 Å². The van der Waals surface area contributed by atoms with Crippen molar-refractivity contribution in [2.75, 3.05) is 25.4 Å². The zero-order valence-electron chi connectivity index (χ0n) is 12.7. The Morgan fingerprint density at radius 1 is 1.39 bits per heavy atom. The Bertz CT molecular complexity index is 775. The van der Waals surface area contributed by atoms with Gasteiger partial charge in [-0.2, -0.15) is 4.31 Å². The highest BCUT2D eigenvalue weighted by Crippen LogP contribution is 2.26.